The Bertz CT molecular complexity index is 1390. The molecule has 6 heteroatoms. The summed E-state index contributed by atoms with van der Waals surface area (Å²) in [5, 5.41) is 10.8. The molecule has 0 bridgehead atoms. The zero-order valence-corrected chi connectivity index (χ0v) is 20.3. The minimum Gasteiger partial charge on any atom is -0.488 e. The molecule has 0 fully saturated rings. The summed E-state index contributed by atoms with van der Waals surface area (Å²) < 4.78 is 6.17. The summed E-state index contributed by atoms with van der Waals surface area (Å²) in [7, 11) is 0. The molecule has 4 aromatic rings. The first kappa shape index (κ1) is 24.5. The number of pyridine rings is 1. The summed E-state index contributed by atoms with van der Waals surface area (Å²) >= 11 is 0. The van der Waals surface area contributed by atoms with Gasteiger partial charge in [-0.05, 0) is 35.9 Å². The predicted molar refractivity (Wildman–Crippen MR) is 142 cm³/mol. The van der Waals surface area contributed by atoms with E-state index in [1.54, 1.807) is 0 Å². The normalized spacial score (nSPS) is 14.4. The number of ether oxygens (including phenoxy) is 1. The van der Waals surface area contributed by atoms with E-state index in [9.17, 15) is 9.90 Å². The van der Waals surface area contributed by atoms with E-state index in [1.165, 1.54) is 0 Å². The molecule has 0 amide bonds. The highest BCUT2D eigenvalue weighted by atomic mass is 35.5. The van der Waals surface area contributed by atoms with Gasteiger partial charge in [0.1, 0.15) is 12.4 Å². The Morgan fingerprint density at radius 3 is 2.49 bits per heavy atom. The third kappa shape index (κ3) is 5.06. The highest BCUT2D eigenvalue weighted by Crippen LogP contribution is 2.35. The lowest BCUT2D eigenvalue weighted by Crippen LogP contribution is -2.31. The first-order valence-electron chi connectivity index (χ1n) is 11.5. The third-order valence-corrected chi connectivity index (χ3v) is 6.22. The summed E-state index contributed by atoms with van der Waals surface area (Å²) in [6.07, 6.45) is 2.09. The van der Waals surface area contributed by atoms with Crippen LogP contribution in [0.4, 0.5) is 0 Å². The molecule has 1 aliphatic heterocycles. The molecule has 0 radical (unpaired) electrons. The number of hydrogen-bond acceptors (Lipinski definition) is 4. The van der Waals surface area contributed by atoms with E-state index in [4.69, 9.17) is 9.72 Å². The summed E-state index contributed by atoms with van der Waals surface area (Å²) in [6, 6.07) is 25.5. The maximum Gasteiger partial charge on any atom is 0.336 e. The van der Waals surface area contributed by atoms with Gasteiger partial charge in [-0.25, -0.2) is 9.78 Å². The van der Waals surface area contributed by atoms with Crippen LogP contribution in [0.25, 0.3) is 22.6 Å². The van der Waals surface area contributed by atoms with Crippen molar-refractivity contribution in [3.8, 4) is 5.75 Å². The second-order valence-electron chi connectivity index (χ2n) is 8.42. The molecule has 0 saturated carbocycles. The molecule has 2 heterocycles. The number of hydrogen-bond donors (Lipinski definition) is 1. The first-order chi connectivity index (χ1) is 16.6. The van der Waals surface area contributed by atoms with Crippen molar-refractivity contribution in [3.05, 3.63) is 107 Å². The van der Waals surface area contributed by atoms with Gasteiger partial charge in [0.2, 0.25) is 0 Å². The molecule has 178 valence electrons. The van der Waals surface area contributed by atoms with Crippen LogP contribution in [0.15, 0.2) is 78.9 Å². The van der Waals surface area contributed by atoms with Gasteiger partial charge in [-0.3, -0.25) is 4.90 Å². The molecule has 0 spiro atoms. The zero-order chi connectivity index (χ0) is 23.5. The van der Waals surface area contributed by atoms with E-state index in [1.807, 2.05) is 78.9 Å². The second kappa shape index (κ2) is 10.7. The van der Waals surface area contributed by atoms with Gasteiger partial charge in [-0.15, -0.1) is 12.4 Å². The number of carboxylic acid groups (broad SMARTS) is 1. The highest BCUT2D eigenvalue weighted by Gasteiger charge is 2.28. The lowest BCUT2D eigenvalue weighted by Gasteiger charge is -2.30. The van der Waals surface area contributed by atoms with Crippen molar-refractivity contribution in [2.75, 3.05) is 13.1 Å². The molecule has 1 N–H and O–H groups in total. The second-order valence-corrected chi connectivity index (χ2v) is 8.42. The van der Waals surface area contributed by atoms with Crippen molar-refractivity contribution < 1.29 is 14.6 Å². The van der Waals surface area contributed by atoms with Crippen molar-refractivity contribution in [2.24, 2.45) is 0 Å². The van der Waals surface area contributed by atoms with E-state index in [2.05, 4.69) is 17.9 Å². The monoisotopic (exact) mass is 486 g/mol. The molecule has 35 heavy (non-hydrogen) atoms. The number of likely N-dealkylation sites (N-methyl/N-ethyl adjacent to an activating group) is 1. The standard InChI is InChI=1S/C29H26N2O3.ClH/c1-2-31-17-22(16-21-12-6-9-15-26(21)34-19-20-10-4-3-5-11-20)28-24(18-31)27(29(32)33)23-13-7-8-14-25(23)30-28;/h3-16H,2,17-19H2,1H3,(H,32,33);1H/b22-16-;. The summed E-state index contributed by atoms with van der Waals surface area (Å²) in [5.74, 6) is -0.132. The molecule has 3 aromatic carbocycles. The van der Waals surface area contributed by atoms with Gasteiger partial charge >= 0.3 is 5.97 Å². The first-order valence-corrected chi connectivity index (χ1v) is 11.5. The third-order valence-electron chi connectivity index (χ3n) is 6.22. The molecule has 5 nitrogen and oxygen atoms in total. The quantitative estimate of drug-likeness (QED) is 0.346. The Labute approximate surface area is 211 Å². The fourth-order valence-electron chi connectivity index (χ4n) is 4.50. The Morgan fingerprint density at radius 2 is 1.71 bits per heavy atom. The van der Waals surface area contributed by atoms with Gasteiger partial charge in [0.15, 0.2) is 0 Å². The minimum absolute atomic E-state index is 0. The van der Waals surface area contributed by atoms with E-state index >= 15 is 0 Å². The smallest absolute Gasteiger partial charge is 0.336 e. The van der Waals surface area contributed by atoms with E-state index in [0.29, 0.717) is 36.2 Å². The Hall–Kier alpha value is -3.67. The van der Waals surface area contributed by atoms with Crippen LogP contribution in [0, 0.1) is 0 Å². The number of aromatic nitrogens is 1. The van der Waals surface area contributed by atoms with Gasteiger partial charge in [0.05, 0.1) is 16.8 Å². The molecular formula is C29H27ClN2O3. The molecule has 5 rings (SSSR count). The van der Waals surface area contributed by atoms with Gasteiger partial charge in [0.25, 0.3) is 0 Å². The largest absolute Gasteiger partial charge is 0.488 e. The van der Waals surface area contributed by atoms with Crippen LogP contribution in [0.2, 0.25) is 0 Å². The highest BCUT2D eigenvalue weighted by molar-refractivity contribution is 6.06. The molecule has 0 saturated heterocycles. The molecule has 0 atom stereocenters. The number of aromatic carboxylic acids is 1. The number of carboxylic acids is 1. The van der Waals surface area contributed by atoms with Crippen LogP contribution in [-0.4, -0.2) is 34.0 Å². The molecule has 1 aliphatic rings. The van der Waals surface area contributed by atoms with Crippen LogP contribution < -0.4 is 4.74 Å². The molecular weight excluding hydrogens is 460 g/mol. The lowest BCUT2D eigenvalue weighted by molar-refractivity contribution is 0.0696. The summed E-state index contributed by atoms with van der Waals surface area (Å²) in [6.45, 7) is 4.64. The maximum atomic E-state index is 12.3. The van der Waals surface area contributed by atoms with Crippen molar-refractivity contribution in [2.45, 2.75) is 20.1 Å². The molecule has 0 aliphatic carbocycles. The topological polar surface area (TPSA) is 62.7 Å². The van der Waals surface area contributed by atoms with E-state index < -0.39 is 5.97 Å². The lowest BCUT2D eigenvalue weighted by atomic mass is 9.92. The van der Waals surface area contributed by atoms with Crippen LogP contribution in [0.5, 0.6) is 5.75 Å². The predicted octanol–water partition coefficient (Wildman–Crippen LogP) is 6.31. The van der Waals surface area contributed by atoms with E-state index in [0.717, 1.165) is 40.3 Å². The number of rotatable bonds is 6. The number of nitrogens with zero attached hydrogens (tertiary/aromatic N) is 2. The van der Waals surface area contributed by atoms with E-state index in [-0.39, 0.29) is 12.4 Å². The van der Waals surface area contributed by atoms with Crippen LogP contribution in [0.1, 0.15) is 39.7 Å². The van der Waals surface area contributed by atoms with Crippen molar-refractivity contribution >= 4 is 40.9 Å². The average molecular weight is 487 g/mol. The maximum absolute atomic E-state index is 12.3. The number of fused-ring (bicyclic) bond motifs is 2. The Balaban J connectivity index is 0.00000289. The molecule has 1 aromatic heterocycles. The van der Waals surface area contributed by atoms with Gasteiger partial charge in [0, 0.05) is 29.6 Å². The Kier molecular flexibility index (Phi) is 7.49. The van der Waals surface area contributed by atoms with Gasteiger partial charge < -0.3 is 9.84 Å². The van der Waals surface area contributed by atoms with Crippen molar-refractivity contribution in [3.63, 3.8) is 0 Å². The van der Waals surface area contributed by atoms with Crippen LogP contribution >= 0.6 is 12.4 Å². The van der Waals surface area contributed by atoms with Gasteiger partial charge in [-0.2, -0.15) is 0 Å². The van der Waals surface area contributed by atoms with Crippen molar-refractivity contribution in [1.29, 1.82) is 0 Å². The number of para-hydroxylation sites is 2. The Morgan fingerprint density at radius 1 is 1.00 bits per heavy atom. The number of carbonyl (C=O) groups is 1. The van der Waals surface area contributed by atoms with Crippen LogP contribution in [-0.2, 0) is 13.2 Å². The average Bonchev–Trinajstić information content (AvgIpc) is 2.87. The number of halogens is 1. The zero-order valence-electron chi connectivity index (χ0n) is 19.5. The van der Waals surface area contributed by atoms with Crippen molar-refractivity contribution in [1.82, 2.24) is 9.88 Å². The molecule has 0 unspecified atom stereocenters. The summed E-state index contributed by atoms with van der Waals surface area (Å²) in [4.78, 5) is 19.5. The number of benzene rings is 3. The summed E-state index contributed by atoms with van der Waals surface area (Å²) in [5.41, 5.74) is 5.62. The van der Waals surface area contributed by atoms with Crippen LogP contribution in [0.3, 0.4) is 0 Å². The van der Waals surface area contributed by atoms with Gasteiger partial charge in [-0.1, -0.05) is 73.7 Å². The minimum atomic E-state index is -0.918. The fraction of sp³-hybridized carbons (Fsp3) is 0.172. The SMILES string of the molecule is CCN1C/C(=C/c2ccccc2OCc2ccccc2)c2nc3ccccc3c(C(=O)O)c2C1.Cl. The fourth-order valence-corrected chi connectivity index (χ4v) is 4.50.